The Kier molecular flexibility index (Phi) is 5.14. The van der Waals surface area contributed by atoms with E-state index in [9.17, 15) is 4.79 Å². The quantitative estimate of drug-likeness (QED) is 0.676. The molecular weight excluding hydrogens is 338 g/mol. The minimum atomic E-state index is -0.157. The lowest BCUT2D eigenvalue weighted by molar-refractivity contribution is -0.132. The van der Waals surface area contributed by atoms with Gasteiger partial charge in [0.05, 0.1) is 11.4 Å². The summed E-state index contributed by atoms with van der Waals surface area (Å²) in [5.74, 6) is 1.49. The molecule has 0 saturated carbocycles. The lowest BCUT2D eigenvalue weighted by Gasteiger charge is -2.16. The molecule has 0 bridgehead atoms. The second-order valence-corrected chi connectivity index (χ2v) is 6.74. The fourth-order valence-electron chi connectivity index (χ4n) is 2.33. The van der Waals surface area contributed by atoms with Crippen molar-refractivity contribution < 1.29 is 14.1 Å². The van der Waals surface area contributed by atoms with Crippen molar-refractivity contribution in [1.29, 1.82) is 0 Å². The standard InChI is InChI=1S/C18H19N3O3S/c1-12-6-7-14(13(2)9-12)23-11-17(22)21(3)10-16-19-18(20-24-16)15-5-4-8-25-15/h4-9H,10-11H2,1-3H3. The highest BCUT2D eigenvalue weighted by Gasteiger charge is 2.16. The molecule has 0 unspecified atom stereocenters. The maximum atomic E-state index is 12.2. The minimum Gasteiger partial charge on any atom is -0.484 e. The molecule has 0 fully saturated rings. The molecule has 0 aliphatic heterocycles. The number of amides is 1. The smallest absolute Gasteiger partial charge is 0.260 e. The molecular formula is C18H19N3O3S. The topological polar surface area (TPSA) is 68.5 Å². The molecule has 3 aromatic rings. The van der Waals surface area contributed by atoms with Crippen molar-refractivity contribution >= 4 is 17.2 Å². The van der Waals surface area contributed by atoms with Crippen molar-refractivity contribution in [3.8, 4) is 16.5 Å². The summed E-state index contributed by atoms with van der Waals surface area (Å²) in [7, 11) is 1.68. The van der Waals surface area contributed by atoms with Gasteiger partial charge < -0.3 is 14.2 Å². The summed E-state index contributed by atoms with van der Waals surface area (Å²) in [5.41, 5.74) is 2.17. The lowest BCUT2D eigenvalue weighted by atomic mass is 10.1. The third-order valence-corrected chi connectivity index (χ3v) is 4.56. The fourth-order valence-corrected chi connectivity index (χ4v) is 2.98. The fraction of sp³-hybridized carbons (Fsp3) is 0.278. The highest BCUT2D eigenvalue weighted by atomic mass is 32.1. The van der Waals surface area contributed by atoms with Crippen LogP contribution < -0.4 is 4.74 Å². The summed E-state index contributed by atoms with van der Waals surface area (Å²) in [5, 5.41) is 5.89. The number of aryl methyl sites for hydroxylation is 2. The first-order valence-electron chi connectivity index (χ1n) is 7.83. The Morgan fingerprint density at radius 2 is 2.16 bits per heavy atom. The number of thiophene rings is 1. The average Bonchev–Trinajstić information content (AvgIpc) is 3.24. The van der Waals surface area contributed by atoms with Gasteiger partial charge in [0, 0.05) is 7.05 Å². The molecule has 130 valence electrons. The van der Waals surface area contributed by atoms with E-state index < -0.39 is 0 Å². The predicted molar refractivity (Wildman–Crippen MR) is 95.5 cm³/mol. The van der Waals surface area contributed by atoms with Gasteiger partial charge in [0.1, 0.15) is 5.75 Å². The van der Waals surface area contributed by atoms with Crippen LogP contribution in [0, 0.1) is 13.8 Å². The zero-order chi connectivity index (χ0) is 17.8. The van der Waals surface area contributed by atoms with Crippen molar-refractivity contribution in [3.05, 3.63) is 52.7 Å². The number of carbonyl (C=O) groups excluding carboxylic acids is 1. The molecule has 2 aromatic heterocycles. The van der Waals surface area contributed by atoms with Gasteiger partial charge in [-0.25, -0.2) is 0 Å². The number of aromatic nitrogens is 2. The van der Waals surface area contributed by atoms with E-state index in [1.54, 1.807) is 7.05 Å². The van der Waals surface area contributed by atoms with E-state index in [1.807, 2.05) is 49.6 Å². The van der Waals surface area contributed by atoms with Crippen LogP contribution in [0.3, 0.4) is 0 Å². The molecule has 3 rings (SSSR count). The number of hydrogen-bond acceptors (Lipinski definition) is 6. The van der Waals surface area contributed by atoms with Gasteiger partial charge in [0.15, 0.2) is 6.61 Å². The summed E-state index contributed by atoms with van der Waals surface area (Å²) in [6, 6.07) is 9.71. The maximum Gasteiger partial charge on any atom is 0.260 e. The molecule has 0 saturated heterocycles. The third-order valence-electron chi connectivity index (χ3n) is 3.69. The molecule has 2 heterocycles. The van der Waals surface area contributed by atoms with Crippen LogP contribution in [-0.4, -0.2) is 34.6 Å². The number of nitrogens with zero attached hydrogens (tertiary/aromatic N) is 3. The molecule has 1 aromatic carbocycles. The van der Waals surface area contributed by atoms with Crippen molar-refractivity contribution in [2.45, 2.75) is 20.4 Å². The second-order valence-electron chi connectivity index (χ2n) is 5.80. The molecule has 1 amide bonds. The van der Waals surface area contributed by atoms with Gasteiger partial charge in [0.2, 0.25) is 11.7 Å². The number of likely N-dealkylation sites (N-methyl/N-ethyl adjacent to an activating group) is 1. The van der Waals surface area contributed by atoms with Crippen LogP contribution in [0.2, 0.25) is 0 Å². The number of rotatable bonds is 6. The van der Waals surface area contributed by atoms with Crippen molar-refractivity contribution in [2.24, 2.45) is 0 Å². The number of benzene rings is 1. The molecule has 0 atom stereocenters. The average molecular weight is 357 g/mol. The zero-order valence-electron chi connectivity index (χ0n) is 14.4. The van der Waals surface area contributed by atoms with Crippen LogP contribution in [0.4, 0.5) is 0 Å². The van der Waals surface area contributed by atoms with Gasteiger partial charge in [0.25, 0.3) is 5.91 Å². The first-order chi connectivity index (χ1) is 12.0. The van der Waals surface area contributed by atoms with Crippen LogP contribution in [0.25, 0.3) is 10.7 Å². The van der Waals surface area contributed by atoms with Gasteiger partial charge in [-0.05, 0) is 36.9 Å². The lowest BCUT2D eigenvalue weighted by Crippen LogP contribution is -2.31. The highest BCUT2D eigenvalue weighted by Crippen LogP contribution is 2.22. The van der Waals surface area contributed by atoms with Gasteiger partial charge in [-0.2, -0.15) is 4.98 Å². The first kappa shape index (κ1) is 17.2. The summed E-state index contributed by atoms with van der Waals surface area (Å²) >= 11 is 1.54. The molecule has 7 heteroatoms. The largest absolute Gasteiger partial charge is 0.484 e. The molecule has 0 radical (unpaired) electrons. The number of ether oxygens (including phenoxy) is 1. The Balaban J connectivity index is 1.56. The van der Waals surface area contributed by atoms with E-state index >= 15 is 0 Å². The van der Waals surface area contributed by atoms with Crippen LogP contribution in [0.1, 0.15) is 17.0 Å². The SMILES string of the molecule is Cc1ccc(OCC(=O)N(C)Cc2nc(-c3cccs3)no2)c(C)c1. The van der Waals surface area contributed by atoms with Gasteiger partial charge in [-0.15, -0.1) is 11.3 Å². The Morgan fingerprint density at radius 3 is 2.88 bits per heavy atom. The van der Waals surface area contributed by atoms with Crippen LogP contribution in [-0.2, 0) is 11.3 Å². The monoisotopic (exact) mass is 357 g/mol. The van der Waals surface area contributed by atoms with E-state index in [2.05, 4.69) is 10.1 Å². The molecule has 6 nitrogen and oxygen atoms in total. The molecule has 0 aliphatic carbocycles. The van der Waals surface area contributed by atoms with Crippen LogP contribution in [0.5, 0.6) is 5.75 Å². The van der Waals surface area contributed by atoms with Crippen molar-refractivity contribution in [2.75, 3.05) is 13.7 Å². The van der Waals surface area contributed by atoms with Gasteiger partial charge in [-0.3, -0.25) is 4.79 Å². The summed E-state index contributed by atoms with van der Waals surface area (Å²) in [6.45, 7) is 4.19. The normalized spacial score (nSPS) is 10.7. The molecule has 25 heavy (non-hydrogen) atoms. The van der Waals surface area contributed by atoms with E-state index in [4.69, 9.17) is 9.26 Å². The summed E-state index contributed by atoms with van der Waals surface area (Å²) in [6.07, 6.45) is 0. The summed E-state index contributed by atoms with van der Waals surface area (Å²) < 4.78 is 10.8. The molecule has 0 N–H and O–H groups in total. The van der Waals surface area contributed by atoms with Crippen molar-refractivity contribution in [1.82, 2.24) is 15.0 Å². The first-order valence-corrected chi connectivity index (χ1v) is 8.71. The molecule has 0 aliphatic rings. The third kappa shape index (κ3) is 4.24. The Hall–Kier alpha value is -2.67. The van der Waals surface area contributed by atoms with E-state index in [1.165, 1.54) is 16.2 Å². The zero-order valence-corrected chi connectivity index (χ0v) is 15.2. The van der Waals surface area contributed by atoms with Gasteiger partial charge >= 0.3 is 0 Å². The van der Waals surface area contributed by atoms with Gasteiger partial charge in [-0.1, -0.05) is 28.9 Å². The Labute approximate surface area is 150 Å². The van der Waals surface area contributed by atoms with Crippen LogP contribution in [0.15, 0.2) is 40.2 Å². The molecule has 0 spiro atoms. The van der Waals surface area contributed by atoms with E-state index in [0.717, 1.165) is 16.0 Å². The second kappa shape index (κ2) is 7.48. The van der Waals surface area contributed by atoms with Crippen molar-refractivity contribution in [3.63, 3.8) is 0 Å². The van der Waals surface area contributed by atoms with E-state index in [-0.39, 0.29) is 19.1 Å². The highest BCUT2D eigenvalue weighted by molar-refractivity contribution is 7.13. The number of hydrogen-bond donors (Lipinski definition) is 0. The van der Waals surface area contributed by atoms with Crippen LogP contribution >= 0.6 is 11.3 Å². The predicted octanol–water partition coefficient (Wildman–Crippen LogP) is 3.45. The number of carbonyl (C=O) groups is 1. The maximum absolute atomic E-state index is 12.2. The Morgan fingerprint density at radius 1 is 1.32 bits per heavy atom. The minimum absolute atomic E-state index is 0.0354. The van der Waals surface area contributed by atoms with E-state index in [0.29, 0.717) is 17.5 Å². The summed E-state index contributed by atoms with van der Waals surface area (Å²) in [4.78, 5) is 19.0. The Bertz CT molecular complexity index is 858.